The van der Waals surface area contributed by atoms with Crippen molar-refractivity contribution < 1.29 is 4.79 Å². The second kappa shape index (κ2) is 8.99. The van der Waals surface area contributed by atoms with Gasteiger partial charge in [0.2, 0.25) is 0 Å². The first-order chi connectivity index (χ1) is 13.6. The highest BCUT2D eigenvalue weighted by Crippen LogP contribution is 2.25. The number of hydrogen-bond acceptors (Lipinski definition) is 5. The molecule has 1 heterocycles. The number of para-hydroxylation sites is 1. The molecule has 0 atom stereocenters. The number of amides is 1. The van der Waals surface area contributed by atoms with Crippen molar-refractivity contribution in [3.8, 4) is 0 Å². The molecule has 1 amide bonds. The molecule has 6 nitrogen and oxygen atoms in total. The van der Waals surface area contributed by atoms with Crippen LogP contribution in [0.1, 0.15) is 29.9 Å². The number of carbonyl (C=O) groups is 1. The number of rotatable bonds is 7. The highest BCUT2D eigenvalue weighted by atomic mass is 16.1. The molecule has 0 aliphatic carbocycles. The molecule has 0 radical (unpaired) electrons. The normalized spacial score (nSPS) is 10.4. The zero-order chi connectivity index (χ0) is 19.9. The van der Waals surface area contributed by atoms with Crippen LogP contribution in [0.4, 0.5) is 22.9 Å². The molecule has 0 bridgehead atoms. The van der Waals surface area contributed by atoms with Gasteiger partial charge in [0.15, 0.2) is 0 Å². The summed E-state index contributed by atoms with van der Waals surface area (Å²) in [5.74, 6) is 0.303. The molecule has 0 unspecified atom stereocenters. The predicted molar refractivity (Wildman–Crippen MR) is 114 cm³/mol. The van der Waals surface area contributed by atoms with Gasteiger partial charge in [0.25, 0.3) is 5.91 Å². The maximum absolute atomic E-state index is 12.4. The molecule has 0 saturated heterocycles. The lowest BCUT2D eigenvalue weighted by Crippen LogP contribution is -2.21. The van der Waals surface area contributed by atoms with Crippen LogP contribution in [0.2, 0.25) is 0 Å². The van der Waals surface area contributed by atoms with E-state index in [9.17, 15) is 4.79 Å². The fourth-order valence-corrected chi connectivity index (χ4v) is 2.98. The minimum atomic E-state index is -0.273. The molecule has 0 aliphatic heterocycles. The van der Waals surface area contributed by atoms with Crippen molar-refractivity contribution in [1.29, 1.82) is 0 Å². The third kappa shape index (κ3) is 4.65. The first kappa shape index (κ1) is 19.4. The highest BCUT2D eigenvalue weighted by molar-refractivity contribution is 6.03. The summed E-state index contributed by atoms with van der Waals surface area (Å²) in [6.07, 6.45) is 1.39. The van der Waals surface area contributed by atoms with Crippen LogP contribution in [0, 0.1) is 6.92 Å². The average molecular weight is 375 g/mol. The van der Waals surface area contributed by atoms with E-state index in [-0.39, 0.29) is 5.91 Å². The smallest absolute Gasteiger partial charge is 0.274 e. The summed E-state index contributed by atoms with van der Waals surface area (Å²) in [4.78, 5) is 23.1. The molecule has 6 heteroatoms. The lowest BCUT2D eigenvalue weighted by atomic mass is 10.1. The molecule has 0 saturated carbocycles. The van der Waals surface area contributed by atoms with E-state index in [2.05, 4.69) is 58.4 Å². The zero-order valence-corrected chi connectivity index (χ0v) is 16.4. The van der Waals surface area contributed by atoms with Crippen LogP contribution in [-0.4, -0.2) is 29.0 Å². The molecule has 144 valence electrons. The van der Waals surface area contributed by atoms with Crippen LogP contribution in [-0.2, 0) is 0 Å². The largest absolute Gasteiger partial charge is 0.372 e. The molecule has 2 N–H and O–H groups in total. The number of nitrogens with zero attached hydrogens (tertiary/aromatic N) is 3. The van der Waals surface area contributed by atoms with Crippen molar-refractivity contribution in [1.82, 2.24) is 9.97 Å². The minimum absolute atomic E-state index is 0.273. The van der Waals surface area contributed by atoms with Crippen molar-refractivity contribution in [2.24, 2.45) is 0 Å². The second-order valence-electron chi connectivity index (χ2n) is 6.41. The molecular weight excluding hydrogens is 350 g/mol. The molecular formula is C22H25N5O. The zero-order valence-electron chi connectivity index (χ0n) is 16.4. The second-order valence-corrected chi connectivity index (χ2v) is 6.41. The molecule has 2 aromatic carbocycles. The maximum atomic E-state index is 12.4. The summed E-state index contributed by atoms with van der Waals surface area (Å²) in [6, 6.07) is 17.2. The van der Waals surface area contributed by atoms with Crippen LogP contribution in [0.5, 0.6) is 0 Å². The van der Waals surface area contributed by atoms with Gasteiger partial charge < -0.3 is 15.5 Å². The summed E-state index contributed by atoms with van der Waals surface area (Å²) in [7, 11) is 0. The third-order valence-electron chi connectivity index (χ3n) is 4.53. The van der Waals surface area contributed by atoms with Crippen molar-refractivity contribution in [2.45, 2.75) is 20.8 Å². The van der Waals surface area contributed by atoms with Crippen LogP contribution >= 0.6 is 0 Å². The van der Waals surface area contributed by atoms with E-state index < -0.39 is 0 Å². The minimum Gasteiger partial charge on any atom is -0.372 e. The topological polar surface area (TPSA) is 70.2 Å². The Labute approximate surface area is 165 Å². The fraction of sp³-hybridized carbons (Fsp3) is 0.227. The van der Waals surface area contributed by atoms with Gasteiger partial charge in [0, 0.05) is 36.2 Å². The molecule has 0 aliphatic rings. The quantitative estimate of drug-likeness (QED) is 0.630. The average Bonchev–Trinajstić information content (AvgIpc) is 2.72. The summed E-state index contributed by atoms with van der Waals surface area (Å²) in [5, 5.41) is 6.11. The van der Waals surface area contributed by atoms with Crippen LogP contribution in [0.3, 0.4) is 0 Å². The number of aromatic nitrogens is 2. The van der Waals surface area contributed by atoms with Gasteiger partial charge >= 0.3 is 0 Å². The van der Waals surface area contributed by atoms with Crippen molar-refractivity contribution >= 4 is 28.8 Å². The number of nitrogens with one attached hydrogen (secondary N) is 2. The Kier molecular flexibility index (Phi) is 6.22. The van der Waals surface area contributed by atoms with E-state index in [1.165, 1.54) is 12.0 Å². The lowest BCUT2D eigenvalue weighted by Gasteiger charge is -2.22. The Morgan fingerprint density at radius 1 is 1.00 bits per heavy atom. The van der Waals surface area contributed by atoms with Crippen molar-refractivity contribution in [2.75, 3.05) is 28.6 Å². The number of hydrogen-bond donors (Lipinski definition) is 2. The summed E-state index contributed by atoms with van der Waals surface area (Å²) < 4.78 is 0. The van der Waals surface area contributed by atoms with Crippen LogP contribution in [0.15, 0.2) is 60.9 Å². The monoisotopic (exact) mass is 375 g/mol. The summed E-state index contributed by atoms with van der Waals surface area (Å²) in [5.41, 5.74) is 4.28. The molecule has 3 rings (SSSR count). The Hall–Kier alpha value is -3.41. The van der Waals surface area contributed by atoms with Crippen LogP contribution in [0.25, 0.3) is 0 Å². The van der Waals surface area contributed by atoms with Gasteiger partial charge in [0.05, 0.1) is 0 Å². The molecule has 1 aromatic heterocycles. The number of carbonyl (C=O) groups excluding carboxylic acids is 1. The van der Waals surface area contributed by atoms with Gasteiger partial charge in [0.1, 0.15) is 17.8 Å². The lowest BCUT2D eigenvalue weighted by molar-refractivity contribution is 0.102. The van der Waals surface area contributed by atoms with Crippen LogP contribution < -0.4 is 15.5 Å². The number of benzene rings is 2. The van der Waals surface area contributed by atoms with Gasteiger partial charge in [-0.3, -0.25) is 4.79 Å². The van der Waals surface area contributed by atoms with E-state index in [1.54, 1.807) is 6.07 Å². The first-order valence-electron chi connectivity index (χ1n) is 9.41. The standard InChI is InChI=1S/C22H25N5O/c1-4-27(5-2)18-11-12-19(16(3)13-18)26-21-14-20(23-15-24-21)22(28)25-17-9-7-6-8-10-17/h6-15H,4-5H2,1-3H3,(H,25,28)(H,23,24,26). The Balaban J connectivity index is 1.75. The molecule has 0 spiro atoms. The molecule has 28 heavy (non-hydrogen) atoms. The van der Waals surface area contributed by atoms with Crippen molar-refractivity contribution in [3.63, 3.8) is 0 Å². The third-order valence-corrected chi connectivity index (χ3v) is 4.53. The van der Waals surface area contributed by atoms with Crippen molar-refractivity contribution in [3.05, 3.63) is 72.2 Å². The molecule has 0 fully saturated rings. The Bertz CT molecular complexity index is 939. The van der Waals surface area contributed by atoms with Gasteiger partial charge in [-0.15, -0.1) is 0 Å². The SMILES string of the molecule is CCN(CC)c1ccc(Nc2cc(C(=O)Nc3ccccc3)ncn2)c(C)c1. The van der Waals surface area contributed by atoms with Gasteiger partial charge in [-0.05, 0) is 56.7 Å². The predicted octanol–water partition coefficient (Wildman–Crippen LogP) is 4.63. The van der Waals surface area contributed by atoms with E-state index >= 15 is 0 Å². The number of aryl methyl sites for hydroxylation is 1. The highest BCUT2D eigenvalue weighted by Gasteiger charge is 2.10. The summed E-state index contributed by atoms with van der Waals surface area (Å²) in [6.45, 7) is 8.28. The van der Waals surface area contributed by atoms with E-state index in [1.807, 2.05) is 36.4 Å². The maximum Gasteiger partial charge on any atom is 0.274 e. The Morgan fingerprint density at radius 2 is 1.75 bits per heavy atom. The first-order valence-corrected chi connectivity index (χ1v) is 9.41. The van der Waals surface area contributed by atoms with E-state index in [0.29, 0.717) is 11.5 Å². The van der Waals surface area contributed by atoms with Gasteiger partial charge in [-0.2, -0.15) is 0 Å². The molecule has 3 aromatic rings. The summed E-state index contributed by atoms with van der Waals surface area (Å²) >= 11 is 0. The van der Waals surface area contributed by atoms with Gasteiger partial charge in [-0.1, -0.05) is 18.2 Å². The fourth-order valence-electron chi connectivity index (χ4n) is 2.98. The van der Waals surface area contributed by atoms with Gasteiger partial charge in [-0.25, -0.2) is 9.97 Å². The Morgan fingerprint density at radius 3 is 2.43 bits per heavy atom. The van der Waals surface area contributed by atoms with E-state index in [4.69, 9.17) is 0 Å². The number of anilines is 4. The van der Waals surface area contributed by atoms with E-state index in [0.717, 1.165) is 30.0 Å².